The van der Waals surface area contributed by atoms with Crippen LogP contribution in [0.3, 0.4) is 0 Å². The first kappa shape index (κ1) is 11.7. The number of fused-ring (bicyclic) bond motifs is 1. The van der Waals surface area contributed by atoms with E-state index in [1.807, 2.05) is 12.1 Å². The second-order valence-corrected chi connectivity index (χ2v) is 5.04. The molecule has 0 saturated carbocycles. The number of rotatable bonds is 2. The molecule has 0 unspecified atom stereocenters. The maximum absolute atomic E-state index is 11.0. The zero-order valence-electron chi connectivity index (χ0n) is 10.3. The van der Waals surface area contributed by atoms with Crippen molar-refractivity contribution >= 4 is 5.97 Å². The lowest BCUT2D eigenvalue weighted by Crippen LogP contribution is -2.35. The maximum atomic E-state index is 11.0. The number of aromatic carboxylic acids is 1. The Kier molecular flexibility index (Phi) is 3.06. The monoisotopic (exact) mass is 247 g/mol. The van der Waals surface area contributed by atoms with E-state index in [0.29, 0.717) is 11.6 Å². The Bertz CT molecular complexity index is 466. The van der Waals surface area contributed by atoms with E-state index >= 15 is 0 Å². The highest BCUT2D eigenvalue weighted by Crippen LogP contribution is 2.28. The van der Waals surface area contributed by atoms with Gasteiger partial charge in [0.15, 0.2) is 0 Å². The van der Waals surface area contributed by atoms with E-state index in [0.717, 1.165) is 39.1 Å². The first-order valence-corrected chi connectivity index (χ1v) is 6.41. The molecule has 0 aliphatic carbocycles. The standard InChI is InChI=1S/C14H17NO3/c16-14(17)10-1-2-11-8-15(9-12(11)7-10)13-3-5-18-6-4-13/h1-2,7,13H,3-6,8-9H2,(H,16,17). The Balaban J connectivity index is 1.76. The van der Waals surface area contributed by atoms with Gasteiger partial charge in [0.05, 0.1) is 5.56 Å². The molecule has 4 nitrogen and oxygen atoms in total. The summed E-state index contributed by atoms with van der Waals surface area (Å²) in [5, 5.41) is 9.00. The van der Waals surface area contributed by atoms with Crippen molar-refractivity contribution in [2.45, 2.75) is 32.0 Å². The number of carboxylic acid groups (broad SMARTS) is 1. The van der Waals surface area contributed by atoms with Gasteiger partial charge < -0.3 is 9.84 Å². The largest absolute Gasteiger partial charge is 0.478 e. The molecule has 18 heavy (non-hydrogen) atoms. The fourth-order valence-electron chi connectivity index (χ4n) is 2.86. The van der Waals surface area contributed by atoms with Crippen molar-refractivity contribution in [3.63, 3.8) is 0 Å². The van der Waals surface area contributed by atoms with E-state index in [1.54, 1.807) is 6.07 Å². The van der Waals surface area contributed by atoms with Crippen LogP contribution in [0.4, 0.5) is 0 Å². The third-order valence-corrected chi connectivity index (χ3v) is 3.91. The number of nitrogens with zero attached hydrogens (tertiary/aromatic N) is 1. The molecule has 1 N–H and O–H groups in total. The highest BCUT2D eigenvalue weighted by atomic mass is 16.5. The molecule has 3 rings (SSSR count). The fourth-order valence-corrected chi connectivity index (χ4v) is 2.86. The molecule has 1 saturated heterocycles. The van der Waals surface area contributed by atoms with Crippen LogP contribution in [0.1, 0.15) is 34.3 Å². The molecule has 4 heteroatoms. The molecule has 1 aromatic rings. The molecule has 2 heterocycles. The topological polar surface area (TPSA) is 49.8 Å². The number of carboxylic acids is 1. The van der Waals surface area contributed by atoms with Crippen LogP contribution in [0.25, 0.3) is 0 Å². The van der Waals surface area contributed by atoms with E-state index in [9.17, 15) is 4.79 Å². The van der Waals surface area contributed by atoms with Gasteiger partial charge in [0, 0.05) is 32.3 Å². The summed E-state index contributed by atoms with van der Waals surface area (Å²) < 4.78 is 5.38. The first-order valence-electron chi connectivity index (χ1n) is 6.41. The van der Waals surface area contributed by atoms with Crippen LogP contribution < -0.4 is 0 Å². The molecular formula is C14H17NO3. The average Bonchev–Trinajstić information content (AvgIpc) is 2.82. The molecule has 0 amide bonds. The van der Waals surface area contributed by atoms with Crippen LogP contribution >= 0.6 is 0 Å². The van der Waals surface area contributed by atoms with Gasteiger partial charge in [0.25, 0.3) is 0 Å². The van der Waals surface area contributed by atoms with Gasteiger partial charge in [-0.3, -0.25) is 4.90 Å². The molecular weight excluding hydrogens is 230 g/mol. The molecule has 2 aliphatic rings. The third-order valence-electron chi connectivity index (χ3n) is 3.91. The Morgan fingerprint density at radius 2 is 1.94 bits per heavy atom. The summed E-state index contributed by atoms with van der Waals surface area (Å²) in [5.41, 5.74) is 2.83. The summed E-state index contributed by atoms with van der Waals surface area (Å²) in [5.74, 6) is -0.845. The number of hydrogen-bond acceptors (Lipinski definition) is 3. The normalized spacial score (nSPS) is 20.9. The van der Waals surface area contributed by atoms with E-state index in [2.05, 4.69) is 4.90 Å². The van der Waals surface area contributed by atoms with Gasteiger partial charge in [-0.25, -0.2) is 4.79 Å². The van der Waals surface area contributed by atoms with E-state index in [1.165, 1.54) is 11.1 Å². The smallest absolute Gasteiger partial charge is 0.335 e. The summed E-state index contributed by atoms with van der Waals surface area (Å²) in [4.78, 5) is 13.4. The summed E-state index contributed by atoms with van der Waals surface area (Å²) in [7, 11) is 0. The van der Waals surface area contributed by atoms with Crippen molar-refractivity contribution in [2.75, 3.05) is 13.2 Å². The predicted molar refractivity (Wildman–Crippen MR) is 66.5 cm³/mol. The highest BCUT2D eigenvalue weighted by Gasteiger charge is 2.27. The van der Waals surface area contributed by atoms with Crippen molar-refractivity contribution in [2.24, 2.45) is 0 Å². The Hall–Kier alpha value is -1.39. The molecule has 1 fully saturated rings. The summed E-state index contributed by atoms with van der Waals surface area (Å²) >= 11 is 0. The number of hydrogen-bond donors (Lipinski definition) is 1. The van der Waals surface area contributed by atoms with E-state index in [4.69, 9.17) is 9.84 Å². The predicted octanol–water partition coefficient (Wildman–Crippen LogP) is 1.88. The molecule has 96 valence electrons. The van der Waals surface area contributed by atoms with Crippen molar-refractivity contribution in [3.05, 3.63) is 34.9 Å². The lowest BCUT2D eigenvalue weighted by molar-refractivity contribution is 0.0326. The Labute approximate surface area is 106 Å². The summed E-state index contributed by atoms with van der Waals surface area (Å²) in [6.07, 6.45) is 2.17. The van der Waals surface area contributed by atoms with Crippen molar-refractivity contribution < 1.29 is 14.6 Å². The average molecular weight is 247 g/mol. The first-order chi connectivity index (χ1) is 8.74. The van der Waals surface area contributed by atoms with Crippen molar-refractivity contribution in [1.29, 1.82) is 0 Å². The van der Waals surface area contributed by atoms with Crippen molar-refractivity contribution in [1.82, 2.24) is 4.90 Å². The van der Waals surface area contributed by atoms with Gasteiger partial charge >= 0.3 is 5.97 Å². The van der Waals surface area contributed by atoms with Gasteiger partial charge in [-0.1, -0.05) is 6.07 Å². The minimum Gasteiger partial charge on any atom is -0.478 e. The van der Waals surface area contributed by atoms with Crippen molar-refractivity contribution in [3.8, 4) is 0 Å². The van der Waals surface area contributed by atoms with Crippen LogP contribution in [0, 0.1) is 0 Å². The number of carbonyl (C=O) groups is 1. The molecule has 0 spiro atoms. The van der Waals surface area contributed by atoms with Gasteiger partial charge in [0.1, 0.15) is 0 Å². The van der Waals surface area contributed by atoms with Gasteiger partial charge in [-0.15, -0.1) is 0 Å². The molecule has 0 radical (unpaired) electrons. The minimum atomic E-state index is -0.845. The van der Waals surface area contributed by atoms with Gasteiger partial charge in [0.2, 0.25) is 0 Å². The lowest BCUT2D eigenvalue weighted by atomic mass is 10.1. The fraction of sp³-hybridized carbons (Fsp3) is 0.500. The van der Waals surface area contributed by atoms with E-state index < -0.39 is 5.97 Å². The highest BCUT2D eigenvalue weighted by molar-refractivity contribution is 5.87. The lowest BCUT2D eigenvalue weighted by Gasteiger charge is -2.30. The molecule has 0 bridgehead atoms. The molecule has 0 atom stereocenters. The molecule has 2 aliphatic heterocycles. The van der Waals surface area contributed by atoms with Crippen LogP contribution in [0.15, 0.2) is 18.2 Å². The van der Waals surface area contributed by atoms with Crippen LogP contribution in [-0.4, -0.2) is 35.2 Å². The van der Waals surface area contributed by atoms with Crippen LogP contribution in [-0.2, 0) is 17.8 Å². The minimum absolute atomic E-state index is 0.391. The second kappa shape index (κ2) is 4.71. The summed E-state index contributed by atoms with van der Waals surface area (Å²) in [6, 6.07) is 6.06. The SMILES string of the molecule is O=C(O)c1ccc2c(c1)CN(C1CCOCC1)C2. The van der Waals surface area contributed by atoms with Gasteiger partial charge in [-0.05, 0) is 36.1 Å². The third kappa shape index (κ3) is 2.13. The van der Waals surface area contributed by atoms with E-state index in [-0.39, 0.29) is 0 Å². The molecule has 1 aromatic carbocycles. The zero-order valence-corrected chi connectivity index (χ0v) is 10.3. The molecule has 0 aromatic heterocycles. The Morgan fingerprint density at radius 3 is 2.67 bits per heavy atom. The summed E-state index contributed by atoms with van der Waals surface area (Å²) in [6.45, 7) is 3.51. The second-order valence-electron chi connectivity index (χ2n) is 5.04. The number of benzene rings is 1. The zero-order chi connectivity index (χ0) is 12.5. The number of ether oxygens (including phenoxy) is 1. The quantitative estimate of drug-likeness (QED) is 0.867. The van der Waals surface area contributed by atoms with Crippen LogP contribution in [0.5, 0.6) is 0 Å². The Morgan fingerprint density at radius 1 is 1.22 bits per heavy atom. The van der Waals surface area contributed by atoms with Gasteiger partial charge in [-0.2, -0.15) is 0 Å². The maximum Gasteiger partial charge on any atom is 0.335 e. The van der Waals surface area contributed by atoms with Crippen LogP contribution in [0.2, 0.25) is 0 Å².